The number of hydrogen-bond donors (Lipinski definition) is 1. The van der Waals surface area contributed by atoms with Crippen molar-refractivity contribution < 1.29 is 0 Å². The van der Waals surface area contributed by atoms with Crippen molar-refractivity contribution in [3.63, 3.8) is 0 Å². The van der Waals surface area contributed by atoms with Crippen LogP contribution in [0.25, 0.3) is 0 Å². The Morgan fingerprint density at radius 2 is 2.71 bits per heavy atom. The van der Waals surface area contributed by atoms with Gasteiger partial charge in [0.15, 0.2) is 0 Å². The lowest BCUT2D eigenvalue weighted by Gasteiger charge is -1.77. The predicted molar refractivity (Wildman–Crippen MR) is 32.2 cm³/mol. The summed E-state index contributed by atoms with van der Waals surface area (Å²) in [4.78, 5) is 3.89. The molecule has 0 bridgehead atoms. The van der Waals surface area contributed by atoms with E-state index in [0.29, 0.717) is 0 Å². The van der Waals surface area contributed by atoms with Gasteiger partial charge >= 0.3 is 0 Å². The van der Waals surface area contributed by atoms with Crippen LogP contribution >= 0.6 is 23.3 Å². The van der Waals surface area contributed by atoms with Gasteiger partial charge in [-0.2, -0.15) is 0 Å². The number of thiazole rings is 1. The average Bonchev–Trinajstić information content (AvgIpc) is 2.14. The molecule has 0 saturated carbocycles. The fourth-order valence-corrected chi connectivity index (χ4v) is 1.24. The van der Waals surface area contributed by atoms with Gasteiger partial charge in [0, 0.05) is 5.38 Å². The van der Waals surface area contributed by atoms with Gasteiger partial charge in [-0.25, -0.2) is 4.98 Å². The fourth-order valence-electron chi connectivity index (χ4n) is 0.260. The van der Waals surface area contributed by atoms with Crippen molar-refractivity contribution in [2.24, 2.45) is 5.14 Å². The van der Waals surface area contributed by atoms with E-state index in [-0.39, 0.29) is 0 Å². The van der Waals surface area contributed by atoms with Gasteiger partial charge in [-0.05, 0) is 11.9 Å². The van der Waals surface area contributed by atoms with E-state index in [4.69, 9.17) is 5.14 Å². The summed E-state index contributed by atoms with van der Waals surface area (Å²) in [6, 6.07) is 0. The first-order valence-electron chi connectivity index (χ1n) is 1.68. The second kappa shape index (κ2) is 2.30. The van der Waals surface area contributed by atoms with Crippen molar-refractivity contribution in [2.75, 3.05) is 0 Å². The molecule has 7 heavy (non-hydrogen) atoms. The third-order valence-electron chi connectivity index (χ3n) is 0.530. The normalized spacial score (nSPS) is 9.29. The van der Waals surface area contributed by atoms with Gasteiger partial charge < -0.3 is 0 Å². The molecule has 4 heteroatoms. The quantitative estimate of drug-likeness (QED) is 0.582. The zero-order valence-electron chi connectivity index (χ0n) is 3.50. The highest BCUT2D eigenvalue weighted by Gasteiger charge is 1.85. The van der Waals surface area contributed by atoms with Crippen molar-refractivity contribution >= 4 is 23.3 Å². The Balaban J connectivity index is 2.76. The summed E-state index contributed by atoms with van der Waals surface area (Å²) in [6.07, 6.45) is 0. The molecular weight excluding hydrogens is 128 g/mol. The largest absolute Gasteiger partial charge is 0.272 e. The van der Waals surface area contributed by atoms with Crippen molar-refractivity contribution in [2.45, 2.75) is 5.03 Å². The maximum atomic E-state index is 5.16. The third kappa shape index (κ3) is 1.15. The van der Waals surface area contributed by atoms with E-state index >= 15 is 0 Å². The molecule has 0 fully saturated rings. The molecule has 2 nitrogen and oxygen atoms in total. The number of nitrogens with zero attached hydrogens (tertiary/aromatic N) is 1. The summed E-state index contributed by atoms with van der Waals surface area (Å²) in [5.74, 6) is 0. The maximum Gasteiger partial charge on any atom is 0.122 e. The summed E-state index contributed by atoms with van der Waals surface area (Å²) in [6.45, 7) is 0. The summed E-state index contributed by atoms with van der Waals surface area (Å²) in [7, 11) is 0. The van der Waals surface area contributed by atoms with Crippen molar-refractivity contribution in [3.8, 4) is 0 Å². The van der Waals surface area contributed by atoms with Crippen LogP contribution in [0.5, 0.6) is 0 Å². The number of aromatic nitrogens is 1. The van der Waals surface area contributed by atoms with E-state index in [1.54, 1.807) is 16.8 Å². The zero-order valence-corrected chi connectivity index (χ0v) is 5.13. The Morgan fingerprint density at radius 1 is 1.86 bits per heavy atom. The lowest BCUT2D eigenvalue weighted by atomic mass is 11.0. The Hall–Kier alpha value is -0.0600. The molecule has 0 unspecified atom stereocenters. The summed E-state index contributed by atoms with van der Waals surface area (Å²) in [5.41, 5.74) is 1.76. The van der Waals surface area contributed by atoms with Gasteiger partial charge in [0.2, 0.25) is 0 Å². The summed E-state index contributed by atoms with van der Waals surface area (Å²) in [5, 5.41) is 7.96. The lowest BCUT2D eigenvalue weighted by molar-refractivity contribution is 1.21. The Labute approximate surface area is 49.9 Å². The molecule has 0 aromatic carbocycles. The second-order valence-corrected chi connectivity index (χ2v) is 2.32. The molecule has 0 amide bonds. The fraction of sp³-hybridized carbons (Fsp3) is 0. The molecule has 1 aromatic rings. The van der Waals surface area contributed by atoms with Gasteiger partial charge in [0.1, 0.15) is 5.03 Å². The zero-order chi connectivity index (χ0) is 5.11. The number of rotatable bonds is 1. The van der Waals surface area contributed by atoms with E-state index in [9.17, 15) is 0 Å². The first kappa shape index (κ1) is 5.08. The monoisotopic (exact) mass is 132 g/mol. The van der Waals surface area contributed by atoms with Crippen LogP contribution in [0, 0.1) is 0 Å². The molecule has 1 heterocycles. The Morgan fingerprint density at radius 3 is 3.00 bits per heavy atom. The highest BCUT2D eigenvalue weighted by atomic mass is 32.2. The van der Waals surface area contributed by atoms with Gasteiger partial charge in [0.05, 0.1) is 5.51 Å². The van der Waals surface area contributed by atoms with Crippen molar-refractivity contribution in [1.29, 1.82) is 0 Å². The van der Waals surface area contributed by atoms with Crippen LogP contribution in [-0.2, 0) is 0 Å². The van der Waals surface area contributed by atoms with Gasteiger partial charge in [0.25, 0.3) is 0 Å². The Bertz CT molecular complexity index is 125. The van der Waals surface area contributed by atoms with Crippen LogP contribution in [0.15, 0.2) is 15.9 Å². The van der Waals surface area contributed by atoms with E-state index < -0.39 is 0 Å². The molecule has 0 spiro atoms. The molecule has 0 aliphatic rings. The van der Waals surface area contributed by atoms with Crippen molar-refractivity contribution in [3.05, 3.63) is 10.9 Å². The van der Waals surface area contributed by atoms with E-state index in [1.165, 1.54) is 11.9 Å². The van der Waals surface area contributed by atoms with E-state index in [0.717, 1.165) is 5.03 Å². The van der Waals surface area contributed by atoms with Crippen LogP contribution in [0.3, 0.4) is 0 Å². The molecule has 1 aromatic heterocycles. The molecule has 0 aliphatic carbocycles. The molecule has 2 N–H and O–H groups in total. The number of hydrogen-bond acceptors (Lipinski definition) is 4. The van der Waals surface area contributed by atoms with Gasteiger partial charge in [-0.3, -0.25) is 5.14 Å². The SMILES string of the molecule is NSc1cscn1. The van der Waals surface area contributed by atoms with Crippen LogP contribution < -0.4 is 5.14 Å². The molecule has 0 saturated heterocycles. The van der Waals surface area contributed by atoms with Crippen LogP contribution in [0.2, 0.25) is 0 Å². The summed E-state index contributed by atoms with van der Waals surface area (Å²) >= 11 is 2.73. The third-order valence-corrected chi connectivity index (χ3v) is 1.73. The Kier molecular flexibility index (Phi) is 1.67. The van der Waals surface area contributed by atoms with E-state index in [2.05, 4.69) is 4.98 Å². The van der Waals surface area contributed by atoms with Gasteiger partial charge in [-0.15, -0.1) is 11.3 Å². The minimum atomic E-state index is 0.894. The predicted octanol–water partition coefficient (Wildman–Crippen LogP) is 1.11. The van der Waals surface area contributed by atoms with Gasteiger partial charge in [-0.1, -0.05) is 0 Å². The molecule has 38 valence electrons. The first-order valence-corrected chi connectivity index (χ1v) is 3.50. The average molecular weight is 132 g/mol. The molecule has 1 rings (SSSR count). The standard InChI is InChI=1S/C3H4N2S2/c4-7-3-1-6-2-5-3/h1-2H,4H2. The van der Waals surface area contributed by atoms with Crippen LogP contribution in [0.1, 0.15) is 0 Å². The molecule has 0 radical (unpaired) electrons. The minimum Gasteiger partial charge on any atom is -0.272 e. The molecule has 0 atom stereocenters. The second-order valence-electron chi connectivity index (χ2n) is 0.945. The summed E-state index contributed by atoms with van der Waals surface area (Å²) < 4.78 is 0. The highest BCUT2D eigenvalue weighted by Crippen LogP contribution is 2.09. The smallest absolute Gasteiger partial charge is 0.122 e. The molecule has 0 aliphatic heterocycles. The highest BCUT2D eigenvalue weighted by molar-refractivity contribution is 7.97. The lowest BCUT2D eigenvalue weighted by Crippen LogP contribution is -1.75. The van der Waals surface area contributed by atoms with E-state index in [1.807, 2.05) is 5.38 Å². The van der Waals surface area contributed by atoms with Crippen LogP contribution in [-0.4, -0.2) is 4.98 Å². The topological polar surface area (TPSA) is 38.9 Å². The minimum absolute atomic E-state index is 0.894. The maximum absolute atomic E-state index is 5.16. The van der Waals surface area contributed by atoms with Crippen LogP contribution in [0.4, 0.5) is 0 Å². The van der Waals surface area contributed by atoms with Crippen molar-refractivity contribution in [1.82, 2.24) is 4.98 Å². The number of nitrogens with two attached hydrogens (primary N) is 1. The molecular formula is C3H4N2S2. The first-order chi connectivity index (χ1) is 3.43.